The highest BCUT2D eigenvalue weighted by molar-refractivity contribution is 5.48. The van der Waals surface area contributed by atoms with E-state index in [1.807, 2.05) is 0 Å². The van der Waals surface area contributed by atoms with Gasteiger partial charge in [-0.15, -0.1) is 0 Å². The molecule has 1 fully saturated rings. The summed E-state index contributed by atoms with van der Waals surface area (Å²) in [5, 5.41) is 9.14. The molecule has 0 amide bonds. The van der Waals surface area contributed by atoms with E-state index in [2.05, 4.69) is 48.3 Å². The minimum absolute atomic E-state index is 0.144. The van der Waals surface area contributed by atoms with Crippen LogP contribution < -0.4 is 9.47 Å². The Bertz CT molecular complexity index is 701. The van der Waals surface area contributed by atoms with Crippen molar-refractivity contribution in [3.63, 3.8) is 0 Å². The first-order chi connectivity index (χ1) is 12.7. The van der Waals surface area contributed by atoms with E-state index in [0.717, 1.165) is 57.0 Å². The molecule has 4 heteroatoms. The normalized spacial score (nSPS) is 24.2. The molecular formula is C22H29NO3. The molecular weight excluding hydrogens is 326 g/mol. The minimum Gasteiger partial charge on any atom is -0.492 e. The monoisotopic (exact) mass is 355 g/mol. The molecule has 3 aliphatic rings. The van der Waals surface area contributed by atoms with Gasteiger partial charge in [0.2, 0.25) is 0 Å². The molecule has 140 valence electrons. The van der Waals surface area contributed by atoms with E-state index in [9.17, 15) is 0 Å². The maximum Gasteiger partial charge on any atom is 0.126 e. The van der Waals surface area contributed by atoms with Crippen molar-refractivity contribution in [1.82, 2.24) is 4.90 Å². The third-order valence-electron chi connectivity index (χ3n) is 6.23. The van der Waals surface area contributed by atoms with Gasteiger partial charge < -0.3 is 19.5 Å². The Morgan fingerprint density at radius 3 is 2.92 bits per heavy atom. The second kappa shape index (κ2) is 7.45. The van der Waals surface area contributed by atoms with Crippen LogP contribution in [-0.2, 0) is 5.41 Å². The second-order valence-electron chi connectivity index (χ2n) is 7.89. The van der Waals surface area contributed by atoms with Crippen molar-refractivity contribution in [1.29, 1.82) is 0 Å². The molecule has 1 unspecified atom stereocenters. The van der Waals surface area contributed by atoms with Crippen LogP contribution in [0.2, 0.25) is 0 Å². The van der Waals surface area contributed by atoms with Crippen molar-refractivity contribution in [3.8, 4) is 11.5 Å². The number of rotatable bonds is 5. The Kier molecular flexibility index (Phi) is 5.05. The number of aliphatic hydroxyl groups is 1. The van der Waals surface area contributed by atoms with Crippen molar-refractivity contribution in [2.75, 3.05) is 39.5 Å². The predicted octanol–water partition coefficient (Wildman–Crippen LogP) is 3.31. The number of benzene rings is 1. The molecule has 1 saturated heterocycles. The molecule has 1 aromatic carbocycles. The molecule has 0 radical (unpaired) electrons. The molecule has 1 aliphatic carbocycles. The fourth-order valence-corrected chi connectivity index (χ4v) is 4.35. The van der Waals surface area contributed by atoms with Gasteiger partial charge in [0, 0.05) is 23.6 Å². The van der Waals surface area contributed by atoms with Gasteiger partial charge in [-0.1, -0.05) is 31.2 Å². The lowest BCUT2D eigenvalue weighted by atomic mass is 9.74. The molecule has 26 heavy (non-hydrogen) atoms. The summed E-state index contributed by atoms with van der Waals surface area (Å²) >= 11 is 0. The van der Waals surface area contributed by atoms with Gasteiger partial charge in [0.1, 0.15) is 18.1 Å². The van der Waals surface area contributed by atoms with Gasteiger partial charge >= 0.3 is 0 Å². The van der Waals surface area contributed by atoms with Crippen LogP contribution in [0.5, 0.6) is 11.5 Å². The van der Waals surface area contributed by atoms with E-state index < -0.39 is 0 Å². The first-order valence-electron chi connectivity index (χ1n) is 9.79. The van der Waals surface area contributed by atoms with Crippen LogP contribution >= 0.6 is 0 Å². The predicted molar refractivity (Wildman–Crippen MR) is 103 cm³/mol. The van der Waals surface area contributed by atoms with E-state index in [1.54, 1.807) is 0 Å². The summed E-state index contributed by atoms with van der Waals surface area (Å²) in [6.45, 7) is 6.74. The number of ether oxygens (including phenoxy) is 2. The zero-order valence-corrected chi connectivity index (χ0v) is 15.6. The highest BCUT2D eigenvalue weighted by atomic mass is 16.5. The average Bonchev–Trinajstić information content (AvgIpc) is 3.01. The van der Waals surface area contributed by atoms with Crippen molar-refractivity contribution in [2.24, 2.45) is 5.92 Å². The van der Waals surface area contributed by atoms with E-state index in [-0.39, 0.29) is 12.0 Å². The number of likely N-dealkylation sites (tertiary alicyclic amines) is 1. The first-order valence-corrected chi connectivity index (χ1v) is 9.79. The lowest BCUT2D eigenvalue weighted by molar-refractivity contribution is 0.116. The summed E-state index contributed by atoms with van der Waals surface area (Å²) in [6.07, 6.45) is 9.79. The van der Waals surface area contributed by atoms with Gasteiger partial charge in [0.15, 0.2) is 0 Å². The number of piperidine rings is 1. The lowest BCUT2D eigenvalue weighted by Crippen LogP contribution is -2.44. The molecule has 1 spiro atoms. The molecule has 0 aromatic heterocycles. The first kappa shape index (κ1) is 17.6. The number of nitrogens with zero attached hydrogens (tertiary/aromatic N) is 1. The van der Waals surface area contributed by atoms with Crippen LogP contribution in [0.1, 0.15) is 31.7 Å². The number of fused-ring (bicyclic) bond motifs is 2. The topological polar surface area (TPSA) is 41.9 Å². The summed E-state index contributed by atoms with van der Waals surface area (Å²) in [4.78, 5) is 2.34. The molecule has 1 N–H and O–H groups in total. The van der Waals surface area contributed by atoms with Gasteiger partial charge in [0.25, 0.3) is 0 Å². The smallest absolute Gasteiger partial charge is 0.126 e. The van der Waals surface area contributed by atoms with Crippen molar-refractivity contribution in [3.05, 3.63) is 47.6 Å². The van der Waals surface area contributed by atoms with Gasteiger partial charge in [-0.05, 0) is 49.9 Å². The second-order valence-corrected chi connectivity index (χ2v) is 7.89. The number of aliphatic hydroxyl groups excluding tert-OH is 1. The Balaban J connectivity index is 1.42. The third kappa shape index (κ3) is 3.40. The number of allylic oxidation sites excluding steroid dienone is 3. The highest BCUT2D eigenvalue weighted by Gasteiger charge is 2.43. The molecule has 4 nitrogen and oxygen atoms in total. The van der Waals surface area contributed by atoms with Crippen molar-refractivity contribution in [2.45, 2.75) is 31.6 Å². The van der Waals surface area contributed by atoms with Crippen LogP contribution in [0, 0.1) is 5.92 Å². The fraction of sp³-hybridized carbons (Fsp3) is 0.545. The van der Waals surface area contributed by atoms with E-state index in [1.165, 1.54) is 11.1 Å². The average molecular weight is 355 g/mol. The summed E-state index contributed by atoms with van der Waals surface area (Å²) in [7, 11) is 0. The number of β-amino-alcohol motifs (C(OH)–C–C–N with tert-alkyl or cyclic N) is 1. The maximum atomic E-state index is 9.14. The molecule has 1 atom stereocenters. The molecule has 0 bridgehead atoms. The maximum absolute atomic E-state index is 9.14. The van der Waals surface area contributed by atoms with Crippen LogP contribution in [0.4, 0.5) is 0 Å². The van der Waals surface area contributed by atoms with Crippen LogP contribution in [0.3, 0.4) is 0 Å². The largest absolute Gasteiger partial charge is 0.492 e. The highest BCUT2D eigenvalue weighted by Crippen LogP contribution is 2.46. The van der Waals surface area contributed by atoms with Crippen LogP contribution in [0.25, 0.3) is 0 Å². The summed E-state index contributed by atoms with van der Waals surface area (Å²) in [5.41, 5.74) is 2.83. The Morgan fingerprint density at radius 1 is 1.31 bits per heavy atom. The van der Waals surface area contributed by atoms with Gasteiger partial charge in [-0.3, -0.25) is 0 Å². The minimum atomic E-state index is 0.144. The standard InChI is InChI=1S/C22H29NO3/c1-17-4-2-3-5-18(17)15-25-19-6-7-20-21(14-19)26-16-22(20)8-10-23(11-9-22)12-13-24/h2-3,5-7,14,17,24H,4,8-13,15-16H2,1H3. The zero-order valence-electron chi connectivity index (χ0n) is 15.6. The van der Waals surface area contributed by atoms with Crippen LogP contribution in [0.15, 0.2) is 42.0 Å². The SMILES string of the molecule is CC1CC=CC=C1COc1ccc2c(c1)OCC21CCN(CCO)CC1. The van der Waals surface area contributed by atoms with Gasteiger partial charge in [-0.2, -0.15) is 0 Å². The molecule has 2 heterocycles. The Labute approximate surface area is 156 Å². The fourth-order valence-electron chi connectivity index (χ4n) is 4.35. The third-order valence-corrected chi connectivity index (χ3v) is 6.23. The molecule has 1 aromatic rings. The Hall–Kier alpha value is -1.78. The van der Waals surface area contributed by atoms with E-state index in [4.69, 9.17) is 14.6 Å². The van der Waals surface area contributed by atoms with Crippen LogP contribution in [-0.4, -0.2) is 49.5 Å². The lowest BCUT2D eigenvalue weighted by Gasteiger charge is -2.38. The molecule has 2 aliphatic heterocycles. The molecule has 0 saturated carbocycles. The van der Waals surface area contributed by atoms with Crippen molar-refractivity contribution < 1.29 is 14.6 Å². The van der Waals surface area contributed by atoms with Gasteiger partial charge in [0.05, 0.1) is 13.2 Å². The summed E-state index contributed by atoms with van der Waals surface area (Å²) < 4.78 is 12.1. The van der Waals surface area contributed by atoms with E-state index >= 15 is 0 Å². The van der Waals surface area contributed by atoms with E-state index in [0.29, 0.717) is 12.5 Å². The van der Waals surface area contributed by atoms with Gasteiger partial charge in [-0.25, -0.2) is 0 Å². The number of hydrogen-bond acceptors (Lipinski definition) is 4. The summed E-state index contributed by atoms with van der Waals surface area (Å²) in [5.74, 6) is 2.43. The Morgan fingerprint density at radius 2 is 2.15 bits per heavy atom. The quantitative estimate of drug-likeness (QED) is 0.880. The molecule has 4 rings (SSSR count). The zero-order chi connectivity index (χ0) is 18.0. The number of hydrogen-bond donors (Lipinski definition) is 1. The summed E-state index contributed by atoms with van der Waals surface area (Å²) in [6, 6.07) is 6.37. The van der Waals surface area contributed by atoms with Crippen molar-refractivity contribution >= 4 is 0 Å².